The third kappa shape index (κ3) is 25.1. The van der Waals surface area contributed by atoms with Gasteiger partial charge in [0.1, 0.15) is 0 Å². The number of hydrogen-bond donors (Lipinski definition) is 0. The Morgan fingerprint density at radius 2 is 0.887 bits per heavy atom. The van der Waals surface area contributed by atoms with Gasteiger partial charge in [-0.05, 0) is 139 Å². The SMILES string of the molecule is CC1=C(CCC(C)CCCC(C)CC(=O)OCCCN(C)CCOCCOCCN(C)CCCOC(=O)CC(C)CCCC(C)CCC2=C(C)CCCC2(C)C)C(C)(C)CCC1. The summed E-state index contributed by atoms with van der Waals surface area (Å²) < 4.78 is 22.7. The maximum atomic E-state index is 12.4. The number of likely N-dealkylation sites (N-methyl/N-ethyl adjacent to an activating group) is 2. The molecule has 362 valence electrons. The van der Waals surface area contributed by atoms with E-state index in [1.807, 2.05) is 0 Å². The lowest BCUT2D eigenvalue weighted by Crippen LogP contribution is -2.27. The highest BCUT2D eigenvalue weighted by Crippen LogP contribution is 2.44. The van der Waals surface area contributed by atoms with E-state index in [1.54, 1.807) is 22.3 Å². The molecule has 0 amide bonds. The van der Waals surface area contributed by atoms with Crippen LogP contribution in [0.25, 0.3) is 0 Å². The molecule has 0 saturated carbocycles. The first-order valence-electron chi connectivity index (χ1n) is 25.6. The Morgan fingerprint density at radius 3 is 1.26 bits per heavy atom. The molecular weight excluding hydrogens is 773 g/mol. The second-order valence-corrected chi connectivity index (χ2v) is 21.7. The van der Waals surface area contributed by atoms with E-state index in [0.29, 0.717) is 75.1 Å². The molecule has 4 unspecified atom stereocenters. The number of esters is 2. The van der Waals surface area contributed by atoms with Crippen molar-refractivity contribution in [1.29, 1.82) is 0 Å². The summed E-state index contributed by atoms with van der Waals surface area (Å²) in [5.74, 6) is 2.08. The Hall–Kier alpha value is -1.74. The fraction of sp³-hybridized carbons (Fsp3) is 0.889. The molecule has 0 heterocycles. The van der Waals surface area contributed by atoms with Crippen molar-refractivity contribution in [1.82, 2.24) is 9.80 Å². The number of nitrogens with zero attached hydrogens (tertiary/aromatic N) is 2. The highest BCUT2D eigenvalue weighted by atomic mass is 16.5. The summed E-state index contributed by atoms with van der Waals surface area (Å²) in [7, 11) is 4.16. The average Bonchev–Trinajstić information content (AvgIpc) is 3.18. The van der Waals surface area contributed by atoms with Gasteiger partial charge in [-0.25, -0.2) is 0 Å². The van der Waals surface area contributed by atoms with E-state index in [4.69, 9.17) is 18.9 Å². The smallest absolute Gasteiger partial charge is 0.306 e. The lowest BCUT2D eigenvalue weighted by atomic mass is 9.70. The maximum absolute atomic E-state index is 12.4. The predicted molar refractivity (Wildman–Crippen MR) is 261 cm³/mol. The van der Waals surface area contributed by atoms with Crippen LogP contribution in [0.3, 0.4) is 0 Å². The van der Waals surface area contributed by atoms with Gasteiger partial charge in [0, 0.05) is 39.0 Å². The summed E-state index contributed by atoms with van der Waals surface area (Å²) in [6.45, 7) is 30.4. The first-order valence-corrected chi connectivity index (χ1v) is 25.6. The Balaban J connectivity index is 1.36. The molecule has 0 saturated heterocycles. The number of hydrogen-bond acceptors (Lipinski definition) is 8. The second kappa shape index (κ2) is 31.2. The van der Waals surface area contributed by atoms with Crippen LogP contribution in [0, 0.1) is 34.5 Å². The molecule has 0 aromatic heterocycles. The van der Waals surface area contributed by atoms with Gasteiger partial charge in [-0.1, -0.05) is 116 Å². The van der Waals surface area contributed by atoms with E-state index in [9.17, 15) is 9.59 Å². The molecule has 0 aliphatic heterocycles. The van der Waals surface area contributed by atoms with Crippen LogP contribution in [0.4, 0.5) is 0 Å². The van der Waals surface area contributed by atoms with E-state index < -0.39 is 0 Å². The van der Waals surface area contributed by atoms with Crippen LogP contribution in [0.5, 0.6) is 0 Å². The van der Waals surface area contributed by atoms with Gasteiger partial charge in [0.25, 0.3) is 0 Å². The van der Waals surface area contributed by atoms with Gasteiger partial charge in [0.05, 0.1) is 39.6 Å². The van der Waals surface area contributed by atoms with Crippen molar-refractivity contribution in [2.75, 3.05) is 79.9 Å². The largest absolute Gasteiger partial charge is 0.466 e. The molecule has 0 fully saturated rings. The van der Waals surface area contributed by atoms with Crippen molar-refractivity contribution in [2.45, 2.75) is 198 Å². The summed E-state index contributed by atoms with van der Waals surface area (Å²) in [4.78, 5) is 29.3. The maximum Gasteiger partial charge on any atom is 0.306 e. The van der Waals surface area contributed by atoms with Gasteiger partial charge in [0.15, 0.2) is 0 Å². The van der Waals surface area contributed by atoms with Gasteiger partial charge < -0.3 is 28.7 Å². The molecule has 0 aromatic rings. The highest BCUT2D eigenvalue weighted by Gasteiger charge is 2.29. The van der Waals surface area contributed by atoms with E-state index in [0.717, 1.165) is 63.7 Å². The first-order chi connectivity index (χ1) is 29.4. The Bertz CT molecular complexity index is 1210. The molecule has 0 spiro atoms. The van der Waals surface area contributed by atoms with Gasteiger partial charge in [0.2, 0.25) is 0 Å². The summed E-state index contributed by atoms with van der Waals surface area (Å²) in [5.41, 5.74) is 7.47. The van der Waals surface area contributed by atoms with Crippen molar-refractivity contribution in [3.8, 4) is 0 Å². The Labute approximate surface area is 383 Å². The molecule has 4 atom stereocenters. The molecule has 62 heavy (non-hydrogen) atoms. The number of allylic oxidation sites excluding steroid dienone is 4. The Kier molecular flexibility index (Phi) is 28.4. The monoisotopic (exact) mass is 873 g/mol. The molecule has 2 rings (SSSR count). The van der Waals surface area contributed by atoms with Crippen LogP contribution in [0.15, 0.2) is 22.3 Å². The van der Waals surface area contributed by atoms with E-state index >= 15 is 0 Å². The van der Waals surface area contributed by atoms with Crippen molar-refractivity contribution in [3.05, 3.63) is 22.3 Å². The van der Waals surface area contributed by atoms with E-state index in [2.05, 4.69) is 93.1 Å². The fourth-order valence-corrected chi connectivity index (χ4v) is 10.1. The predicted octanol–water partition coefficient (Wildman–Crippen LogP) is 13.0. The first kappa shape index (κ1) is 56.4. The summed E-state index contributed by atoms with van der Waals surface area (Å²) >= 11 is 0. The minimum absolute atomic E-state index is 0.0608. The molecule has 0 aromatic carbocycles. The van der Waals surface area contributed by atoms with Crippen molar-refractivity contribution < 1.29 is 28.5 Å². The second-order valence-electron chi connectivity index (χ2n) is 21.7. The van der Waals surface area contributed by atoms with Gasteiger partial charge >= 0.3 is 11.9 Å². The van der Waals surface area contributed by atoms with Gasteiger partial charge in [-0.3, -0.25) is 9.59 Å². The van der Waals surface area contributed by atoms with Crippen LogP contribution in [0.1, 0.15) is 198 Å². The number of ether oxygens (including phenoxy) is 4. The Morgan fingerprint density at radius 1 is 0.516 bits per heavy atom. The number of carbonyl (C=O) groups excluding carboxylic acids is 2. The van der Waals surface area contributed by atoms with Crippen molar-refractivity contribution >= 4 is 11.9 Å². The quantitative estimate of drug-likeness (QED) is 0.0354. The number of rotatable bonds is 35. The normalized spacial score (nSPS) is 18.6. The minimum atomic E-state index is -0.0608. The molecular formula is C54H100N2O6. The van der Waals surface area contributed by atoms with Crippen LogP contribution < -0.4 is 0 Å². The topological polar surface area (TPSA) is 77.5 Å². The molecule has 2 aliphatic rings. The molecule has 2 aliphatic carbocycles. The zero-order valence-electron chi connectivity index (χ0n) is 42.9. The van der Waals surface area contributed by atoms with Crippen LogP contribution in [-0.2, 0) is 28.5 Å². The number of carbonyl (C=O) groups is 2. The molecule has 0 N–H and O–H groups in total. The standard InChI is InChI=1S/C54H100N2O6/c1-43(25-27-49-47(5)23-15-29-53(49,7)8)19-13-21-45(3)41-51(57)61-35-17-31-55(11)33-37-59-39-40-60-38-34-56(12)32-18-36-62-52(58)42-46(4)22-14-20-44(2)26-28-50-48(6)24-16-30-54(50,9)10/h43-46H,13-42H2,1-12H3. The third-order valence-corrected chi connectivity index (χ3v) is 14.5. The van der Waals surface area contributed by atoms with Crippen LogP contribution >= 0.6 is 0 Å². The zero-order valence-corrected chi connectivity index (χ0v) is 42.9. The minimum Gasteiger partial charge on any atom is -0.466 e. The molecule has 0 radical (unpaired) electrons. The summed E-state index contributed by atoms with van der Waals surface area (Å²) in [5, 5.41) is 0. The van der Waals surface area contributed by atoms with Gasteiger partial charge in [-0.2, -0.15) is 0 Å². The molecule has 8 heteroatoms. The molecule has 0 bridgehead atoms. The molecule has 8 nitrogen and oxygen atoms in total. The summed E-state index contributed by atoms with van der Waals surface area (Å²) in [6.07, 6.45) is 22.7. The lowest BCUT2D eigenvalue weighted by molar-refractivity contribution is -0.145. The average molecular weight is 873 g/mol. The van der Waals surface area contributed by atoms with Crippen LogP contribution in [-0.4, -0.2) is 102 Å². The third-order valence-electron chi connectivity index (χ3n) is 14.5. The van der Waals surface area contributed by atoms with Crippen LogP contribution in [0.2, 0.25) is 0 Å². The lowest BCUT2D eigenvalue weighted by Gasteiger charge is -2.35. The summed E-state index contributed by atoms with van der Waals surface area (Å²) in [6, 6.07) is 0. The van der Waals surface area contributed by atoms with E-state index in [-0.39, 0.29) is 11.9 Å². The fourth-order valence-electron chi connectivity index (χ4n) is 10.1. The van der Waals surface area contributed by atoms with Crippen molar-refractivity contribution in [3.63, 3.8) is 0 Å². The van der Waals surface area contributed by atoms with Crippen molar-refractivity contribution in [2.24, 2.45) is 34.5 Å². The highest BCUT2D eigenvalue weighted by molar-refractivity contribution is 5.69. The zero-order chi connectivity index (χ0) is 46.0. The van der Waals surface area contributed by atoms with Gasteiger partial charge in [-0.15, -0.1) is 0 Å². The van der Waals surface area contributed by atoms with E-state index in [1.165, 1.54) is 89.9 Å².